The molecule has 1 heterocycles. The lowest BCUT2D eigenvalue weighted by Gasteiger charge is -1.87. The summed E-state index contributed by atoms with van der Waals surface area (Å²) in [6.07, 6.45) is 0. The number of benzene rings is 1. The molecule has 0 unspecified atom stereocenters. The van der Waals surface area contributed by atoms with Crippen LogP contribution in [0.15, 0.2) is 27.1 Å². The normalized spacial score (nSPS) is 10.7. The summed E-state index contributed by atoms with van der Waals surface area (Å²) in [4.78, 5) is 0. The van der Waals surface area contributed by atoms with E-state index in [0.29, 0.717) is 0 Å². The molecule has 11 heavy (non-hydrogen) atoms. The molecule has 0 fully saturated rings. The van der Waals surface area contributed by atoms with E-state index in [4.69, 9.17) is 4.42 Å². The molecule has 0 atom stereocenters. The number of hydrogen-bond donors (Lipinski definition) is 0. The fourth-order valence-corrected chi connectivity index (χ4v) is 1.43. The topological polar surface area (TPSA) is 13.1 Å². The van der Waals surface area contributed by atoms with Crippen molar-refractivity contribution in [2.75, 3.05) is 0 Å². The number of hydrogen-bond acceptors (Lipinski definition) is 1. The first-order valence-electron chi connectivity index (χ1n) is 3.34. The summed E-state index contributed by atoms with van der Waals surface area (Å²) >= 11 is 3.38. The molecule has 2 heteroatoms. The number of aryl methyl sites for hydroxylation is 1. The van der Waals surface area contributed by atoms with E-state index in [1.165, 1.54) is 0 Å². The molecule has 0 saturated heterocycles. The van der Waals surface area contributed by atoms with Crippen LogP contribution in [0.25, 0.3) is 11.0 Å². The van der Waals surface area contributed by atoms with Crippen LogP contribution in [0.4, 0.5) is 0 Å². The van der Waals surface area contributed by atoms with E-state index in [2.05, 4.69) is 22.0 Å². The van der Waals surface area contributed by atoms with Gasteiger partial charge in [-0.05, 0) is 25.1 Å². The fraction of sp³-hybridized carbons (Fsp3) is 0.111. The van der Waals surface area contributed by atoms with Crippen molar-refractivity contribution in [1.82, 2.24) is 0 Å². The van der Waals surface area contributed by atoms with Crippen LogP contribution in [-0.4, -0.2) is 0 Å². The maximum absolute atomic E-state index is 5.35. The van der Waals surface area contributed by atoms with Gasteiger partial charge in [-0.2, -0.15) is 0 Å². The third kappa shape index (κ3) is 1.18. The van der Waals surface area contributed by atoms with Crippen molar-refractivity contribution < 1.29 is 4.42 Å². The van der Waals surface area contributed by atoms with E-state index in [9.17, 15) is 0 Å². The first-order chi connectivity index (χ1) is 5.25. The lowest BCUT2D eigenvalue weighted by molar-refractivity contribution is 0.577. The average molecular weight is 210 g/mol. The zero-order chi connectivity index (χ0) is 7.84. The van der Waals surface area contributed by atoms with Crippen LogP contribution in [0, 0.1) is 13.0 Å². The molecule has 0 spiro atoms. The lowest BCUT2D eigenvalue weighted by Crippen LogP contribution is -1.63. The summed E-state index contributed by atoms with van der Waals surface area (Å²) in [5.74, 6) is 0.832. The Morgan fingerprint density at radius 3 is 3.09 bits per heavy atom. The zero-order valence-corrected chi connectivity index (χ0v) is 7.60. The Hall–Kier alpha value is -0.760. The summed E-state index contributed by atoms with van der Waals surface area (Å²) in [7, 11) is 0. The van der Waals surface area contributed by atoms with Crippen LogP contribution in [0.3, 0.4) is 0 Å². The van der Waals surface area contributed by atoms with Crippen molar-refractivity contribution in [3.05, 3.63) is 34.5 Å². The average Bonchev–Trinajstić information content (AvgIpc) is 2.27. The standard InChI is InChI=1S/C9H6BrO/c1-6-4-7-5-8(10)2-3-9(7)11-6/h2-3,5H,1H3. The molecule has 2 rings (SSSR count). The Kier molecular flexibility index (Phi) is 1.50. The summed E-state index contributed by atoms with van der Waals surface area (Å²) < 4.78 is 6.40. The lowest BCUT2D eigenvalue weighted by atomic mass is 10.2. The molecule has 1 aromatic carbocycles. The fourth-order valence-electron chi connectivity index (χ4n) is 1.07. The van der Waals surface area contributed by atoms with Crippen LogP contribution in [-0.2, 0) is 0 Å². The highest BCUT2D eigenvalue weighted by molar-refractivity contribution is 9.10. The Morgan fingerprint density at radius 2 is 2.27 bits per heavy atom. The maximum Gasteiger partial charge on any atom is 0.134 e. The van der Waals surface area contributed by atoms with Gasteiger partial charge in [0.05, 0.1) is 0 Å². The second-order valence-electron chi connectivity index (χ2n) is 2.42. The molecular formula is C9H6BrO. The minimum absolute atomic E-state index is 0.832. The molecule has 0 aliphatic rings. The quantitative estimate of drug-likeness (QED) is 0.650. The van der Waals surface area contributed by atoms with E-state index in [0.717, 1.165) is 21.2 Å². The largest absolute Gasteiger partial charge is 0.461 e. The Balaban J connectivity index is 2.82. The van der Waals surface area contributed by atoms with Crippen molar-refractivity contribution >= 4 is 26.9 Å². The third-order valence-electron chi connectivity index (χ3n) is 1.52. The predicted octanol–water partition coefficient (Wildman–Crippen LogP) is 3.30. The predicted molar refractivity (Wildman–Crippen MR) is 47.5 cm³/mol. The van der Waals surface area contributed by atoms with Gasteiger partial charge in [-0.25, -0.2) is 0 Å². The van der Waals surface area contributed by atoms with E-state index in [-0.39, 0.29) is 0 Å². The molecule has 0 saturated carbocycles. The van der Waals surface area contributed by atoms with Gasteiger partial charge < -0.3 is 4.42 Å². The van der Waals surface area contributed by atoms with E-state index in [1.807, 2.05) is 25.1 Å². The van der Waals surface area contributed by atoms with Crippen molar-refractivity contribution in [3.63, 3.8) is 0 Å². The highest BCUT2D eigenvalue weighted by atomic mass is 79.9. The number of furan rings is 1. The molecule has 0 amide bonds. The van der Waals surface area contributed by atoms with E-state index >= 15 is 0 Å². The third-order valence-corrected chi connectivity index (χ3v) is 2.01. The van der Waals surface area contributed by atoms with Crippen molar-refractivity contribution in [3.8, 4) is 0 Å². The number of rotatable bonds is 0. The first-order valence-corrected chi connectivity index (χ1v) is 4.13. The SMILES string of the molecule is Cc1[c]c2cc(Br)ccc2o1. The molecule has 1 radical (unpaired) electrons. The van der Waals surface area contributed by atoms with E-state index in [1.54, 1.807) is 0 Å². The Morgan fingerprint density at radius 1 is 1.45 bits per heavy atom. The number of halogens is 1. The van der Waals surface area contributed by atoms with Crippen molar-refractivity contribution in [2.24, 2.45) is 0 Å². The van der Waals surface area contributed by atoms with Gasteiger partial charge in [-0.3, -0.25) is 0 Å². The molecular weight excluding hydrogens is 204 g/mol. The molecule has 0 N–H and O–H groups in total. The molecule has 0 bridgehead atoms. The second kappa shape index (κ2) is 2.38. The summed E-state index contributed by atoms with van der Waals surface area (Å²) in [5, 5.41) is 1.02. The Bertz CT molecular complexity index is 389. The van der Waals surface area contributed by atoms with Gasteiger partial charge in [0.2, 0.25) is 0 Å². The van der Waals surface area contributed by atoms with Gasteiger partial charge in [0.1, 0.15) is 11.3 Å². The van der Waals surface area contributed by atoms with Crippen LogP contribution < -0.4 is 0 Å². The van der Waals surface area contributed by atoms with Gasteiger partial charge >= 0.3 is 0 Å². The molecule has 55 valence electrons. The minimum atomic E-state index is 0.832. The van der Waals surface area contributed by atoms with Gasteiger partial charge in [0.25, 0.3) is 0 Å². The van der Waals surface area contributed by atoms with Crippen LogP contribution >= 0.6 is 15.9 Å². The monoisotopic (exact) mass is 209 g/mol. The van der Waals surface area contributed by atoms with Gasteiger partial charge in [0, 0.05) is 15.9 Å². The Labute approximate surface area is 73.1 Å². The van der Waals surface area contributed by atoms with Crippen LogP contribution in [0.1, 0.15) is 5.76 Å². The summed E-state index contributed by atoms with van der Waals surface area (Å²) in [5.41, 5.74) is 0.894. The number of fused-ring (bicyclic) bond motifs is 1. The maximum atomic E-state index is 5.35. The van der Waals surface area contributed by atoms with Gasteiger partial charge in [-0.15, -0.1) is 0 Å². The highest BCUT2D eigenvalue weighted by Gasteiger charge is 1.99. The summed E-state index contributed by atoms with van der Waals surface area (Å²) in [6, 6.07) is 8.99. The first kappa shape index (κ1) is 6.92. The van der Waals surface area contributed by atoms with Gasteiger partial charge in [-0.1, -0.05) is 15.9 Å². The van der Waals surface area contributed by atoms with E-state index < -0.39 is 0 Å². The molecule has 0 aliphatic carbocycles. The zero-order valence-electron chi connectivity index (χ0n) is 6.02. The molecule has 2 aromatic rings. The molecule has 0 aliphatic heterocycles. The van der Waals surface area contributed by atoms with Crippen molar-refractivity contribution in [2.45, 2.75) is 6.92 Å². The highest BCUT2D eigenvalue weighted by Crippen LogP contribution is 2.21. The minimum Gasteiger partial charge on any atom is -0.461 e. The molecule has 1 nitrogen and oxygen atoms in total. The van der Waals surface area contributed by atoms with Crippen LogP contribution in [0.2, 0.25) is 0 Å². The van der Waals surface area contributed by atoms with Gasteiger partial charge in [0.15, 0.2) is 0 Å². The van der Waals surface area contributed by atoms with Crippen LogP contribution in [0.5, 0.6) is 0 Å². The second-order valence-corrected chi connectivity index (χ2v) is 3.34. The smallest absolute Gasteiger partial charge is 0.134 e. The van der Waals surface area contributed by atoms with Crippen molar-refractivity contribution in [1.29, 1.82) is 0 Å². The molecule has 1 aromatic heterocycles. The summed E-state index contributed by atoms with van der Waals surface area (Å²) in [6.45, 7) is 1.90.